The highest BCUT2D eigenvalue weighted by atomic mass is 16.6. The van der Waals surface area contributed by atoms with Gasteiger partial charge in [0, 0.05) is 23.7 Å². The third-order valence-electron chi connectivity index (χ3n) is 3.10. The summed E-state index contributed by atoms with van der Waals surface area (Å²) < 4.78 is 4.72. The number of carbonyl (C=O) groups is 3. The first-order chi connectivity index (χ1) is 11.3. The Morgan fingerprint density at radius 1 is 1.33 bits per heavy atom. The van der Waals surface area contributed by atoms with E-state index < -0.39 is 35.9 Å². The van der Waals surface area contributed by atoms with Gasteiger partial charge in [-0.2, -0.15) is 0 Å². The number of hydrogen-bond donors (Lipinski definition) is 2. The number of nitrogens with one attached hydrogen (secondary N) is 2. The SMILES string of the molecule is CC[C@H](C)NC(=O)COC(=O)CNC(=O)c1cccc([N+](=O)[O-])c1. The predicted molar refractivity (Wildman–Crippen MR) is 84.3 cm³/mol. The molecule has 1 rings (SSSR count). The van der Waals surface area contributed by atoms with Gasteiger partial charge in [0.05, 0.1) is 4.92 Å². The average molecular weight is 337 g/mol. The summed E-state index contributed by atoms with van der Waals surface area (Å²) in [7, 11) is 0. The number of nitro benzene ring substituents is 1. The van der Waals surface area contributed by atoms with E-state index in [0.717, 1.165) is 12.5 Å². The standard InChI is InChI=1S/C15H19N3O6/c1-3-10(2)17-13(19)9-24-14(20)8-16-15(21)11-5-4-6-12(7-11)18(22)23/h4-7,10H,3,8-9H2,1-2H3,(H,16,21)(H,17,19)/t10-/m0/s1. The lowest BCUT2D eigenvalue weighted by atomic mass is 10.2. The molecule has 0 heterocycles. The van der Waals surface area contributed by atoms with Crippen LogP contribution in [0.3, 0.4) is 0 Å². The fraction of sp³-hybridized carbons (Fsp3) is 0.400. The molecule has 1 atom stereocenters. The summed E-state index contributed by atoms with van der Waals surface area (Å²) in [5, 5.41) is 15.5. The molecule has 0 bridgehead atoms. The Morgan fingerprint density at radius 2 is 2.04 bits per heavy atom. The van der Waals surface area contributed by atoms with Crippen LogP contribution in [0.25, 0.3) is 0 Å². The van der Waals surface area contributed by atoms with E-state index in [1.807, 2.05) is 13.8 Å². The number of rotatable bonds is 8. The van der Waals surface area contributed by atoms with Gasteiger partial charge in [-0.1, -0.05) is 13.0 Å². The highest BCUT2D eigenvalue weighted by molar-refractivity contribution is 5.96. The molecule has 0 saturated heterocycles. The fourth-order valence-corrected chi connectivity index (χ4v) is 1.63. The Morgan fingerprint density at radius 3 is 2.67 bits per heavy atom. The quantitative estimate of drug-likeness (QED) is 0.410. The summed E-state index contributed by atoms with van der Waals surface area (Å²) in [5.74, 6) is -1.87. The van der Waals surface area contributed by atoms with Gasteiger partial charge in [0.2, 0.25) is 0 Å². The van der Waals surface area contributed by atoms with Gasteiger partial charge in [-0.25, -0.2) is 0 Å². The van der Waals surface area contributed by atoms with E-state index in [1.165, 1.54) is 18.2 Å². The van der Waals surface area contributed by atoms with Gasteiger partial charge in [0.15, 0.2) is 6.61 Å². The maximum atomic E-state index is 11.8. The van der Waals surface area contributed by atoms with Crippen molar-refractivity contribution in [2.45, 2.75) is 26.3 Å². The van der Waals surface area contributed by atoms with Gasteiger partial charge < -0.3 is 15.4 Å². The molecule has 0 aliphatic heterocycles. The average Bonchev–Trinajstić information content (AvgIpc) is 2.57. The van der Waals surface area contributed by atoms with E-state index in [-0.39, 0.29) is 17.3 Å². The van der Waals surface area contributed by atoms with Gasteiger partial charge in [-0.3, -0.25) is 24.5 Å². The summed E-state index contributed by atoms with van der Waals surface area (Å²) in [4.78, 5) is 44.8. The van der Waals surface area contributed by atoms with Crippen LogP contribution in [0, 0.1) is 10.1 Å². The van der Waals surface area contributed by atoms with Crippen molar-refractivity contribution in [3.8, 4) is 0 Å². The Hall–Kier alpha value is -2.97. The van der Waals surface area contributed by atoms with Gasteiger partial charge in [0.25, 0.3) is 17.5 Å². The summed E-state index contributed by atoms with van der Waals surface area (Å²) >= 11 is 0. The van der Waals surface area contributed by atoms with Crippen LogP contribution < -0.4 is 10.6 Å². The number of nitro groups is 1. The van der Waals surface area contributed by atoms with Crippen LogP contribution in [-0.2, 0) is 14.3 Å². The molecule has 1 aromatic carbocycles. The van der Waals surface area contributed by atoms with E-state index in [0.29, 0.717) is 0 Å². The minimum atomic E-state index is -0.784. The van der Waals surface area contributed by atoms with Crippen molar-refractivity contribution in [2.24, 2.45) is 0 Å². The van der Waals surface area contributed by atoms with Gasteiger partial charge in [0.1, 0.15) is 6.54 Å². The highest BCUT2D eigenvalue weighted by Gasteiger charge is 2.14. The Balaban J connectivity index is 2.41. The molecule has 9 heteroatoms. The largest absolute Gasteiger partial charge is 0.454 e. The molecule has 0 fully saturated rings. The molecular weight excluding hydrogens is 318 g/mol. The maximum Gasteiger partial charge on any atom is 0.325 e. The van der Waals surface area contributed by atoms with Crippen LogP contribution in [0.5, 0.6) is 0 Å². The van der Waals surface area contributed by atoms with Crippen LogP contribution in [0.2, 0.25) is 0 Å². The van der Waals surface area contributed by atoms with Crippen LogP contribution in [0.1, 0.15) is 30.6 Å². The molecule has 0 radical (unpaired) electrons. The van der Waals surface area contributed by atoms with Crippen LogP contribution in [0.15, 0.2) is 24.3 Å². The van der Waals surface area contributed by atoms with E-state index >= 15 is 0 Å². The number of nitrogens with zero attached hydrogens (tertiary/aromatic N) is 1. The molecule has 130 valence electrons. The van der Waals surface area contributed by atoms with Crippen molar-refractivity contribution in [3.05, 3.63) is 39.9 Å². The van der Waals surface area contributed by atoms with Crippen molar-refractivity contribution < 1.29 is 24.0 Å². The minimum absolute atomic E-state index is 0.0234. The van der Waals surface area contributed by atoms with Crippen molar-refractivity contribution in [1.29, 1.82) is 0 Å². The molecule has 0 aromatic heterocycles. The molecule has 2 amide bonds. The number of carbonyl (C=O) groups excluding carboxylic acids is 3. The third-order valence-corrected chi connectivity index (χ3v) is 3.10. The van der Waals surface area contributed by atoms with Crippen LogP contribution in [0.4, 0.5) is 5.69 Å². The monoisotopic (exact) mass is 337 g/mol. The van der Waals surface area contributed by atoms with E-state index in [2.05, 4.69) is 10.6 Å². The smallest absolute Gasteiger partial charge is 0.325 e. The first kappa shape index (κ1) is 19.1. The zero-order valence-electron chi connectivity index (χ0n) is 13.4. The first-order valence-corrected chi connectivity index (χ1v) is 7.31. The third kappa shape index (κ3) is 6.42. The molecular formula is C15H19N3O6. The fourth-order valence-electron chi connectivity index (χ4n) is 1.63. The van der Waals surface area contributed by atoms with E-state index in [4.69, 9.17) is 4.74 Å². The zero-order chi connectivity index (χ0) is 18.1. The zero-order valence-corrected chi connectivity index (χ0v) is 13.4. The maximum absolute atomic E-state index is 11.8. The number of esters is 1. The molecule has 2 N–H and O–H groups in total. The minimum Gasteiger partial charge on any atom is -0.454 e. The van der Waals surface area contributed by atoms with Crippen molar-refractivity contribution in [3.63, 3.8) is 0 Å². The Bertz CT molecular complexity index is 631. The first-order valence-electron chi connectivity index (χ1n) is 7.31. The number of benzene rings is 1. The summed E-state index contributed by atoms with van der Waals surface area (Å²) in [6.07, 6.45) is 0.749. The number of hydrogen-bond acceptors (Lipinski definition) is 6. The lowest BCUT2D eigenvalue weighted by molar-refractivity contribution is -0.384. The normalized spacial score (nSPS) is 11.2. The van der Waals surface area contributed by atoms with Gasteiger partial charge in [-0.05, 0) is 19.4 Å². The van der Waals surface area contributed by atoms with Crippen LogP contribution >= 0.6 is 0 Å². The van der Waals surface area contributed by atoms with E-state index in [9.17, 15) is 24.5 Å². The second-order valence-corrected chi connectivity index (χ2v) is 5.03. The van der Waals surface area contributed by atoms with Gasteiger partial charge >= 0.3 is 5.97 Å². The predicted octanol–water partition coefficient (Wildman–Crippen LogP) is 0.783. The molecule has 0 aliphatic rings. The Kier molecular flexibility index (Phi) is 7.34. The number of ether oxygens (including phenoxy) is 1. The summed E-state index contributed by atoms with van der Waals surface area (Å²) in [5.41, 5.74) is -0.182. The number of amides is 2. The number of non-ortho nitro benzene ring substituents is 1. The molecule has 24 heavy (non-hydrogen) atoms. The summed E-state index contributed by atoms with van der Waals surface area (Å²) in [6, 6.07) is 5.07. The van der Waals surface area contributed by atoms with Crippen LogP contribution in [-0.4, -0.2) is 41.9 Å². The molecule has 0 spiro atoms. The molecule has 0 saturated carbocycles. The molecule has 0 unspecified atom stereocenters. The lowest BCUT2D eigenvalue weighted by Gasteiger charge is -2.11. The van der Waals surface area contributed by atoms with Crippen molar-refractivity contribution in [1.82, 2.24) is 10.6 Å². The molecule has 9 nitrogen and oxygen atoms in total. The highest BCUT2D eigenvalue weighted by Crippen LogP contribution is 2.12. The molecule has 0 aliphatic carbocycles. The van der Waals surface area contributed by atoms with Gasteiger partial charge in [-0.15, -0.1) is 0 Å². The lowest BCUT2D eigenvalue weighted by Crippen LogP contribution is -2.37. The molecule has 1 aromatic rings. The summed E-state index contributed by atoms with van der Waals surface area (Å²) in [6.45, 7) is 2.84. The topological polar surface area (TPSA) is 128 Å². The second kappa shape index (κ2) is 9.23. The van der Waals surface area contributed by atoms with Crippen molar-refractivity contribution in [2.75, 3.05) is 13.2 Å². The van der Waals surface area contributed by atoms with Crippen molar-refractivity contribution >= 4 is 23.5 Å². The van der Waals surface area contributed by atoms with E-state index in [1.54, 1.807) is 0 Å². The Labute approximate surface area is 138 Å². The second-order valence-electron chi connectivity index (χ2n) is 5.03.